The number of rotatable bonds is 2. The second kappa shape index (κ2) is 3.70. The number of hydrogen-bond acceptors (Lipinski definition) is 5. The molecule has 1 rings (SSSR count). The Labute approximate surface area is 75.1 Å². The zero-order valence-electron chi connectivity index (χ0n) is 7.35. The van der Waals surface area contributed by atoms with E-state index in [1.54, 1.807) is 6.92 Å². The van der Waals surface area contributed by atoms with E-state index in [1.165, 1.54) is 13.3 Å². The van der Waals surface area contributed by atoms with Crippen LogP contribution in [0.2, 0.25) is 0 Å². The Morgan fingerprint density at radius 2 is 2.38 bits per heavy atom. The van der Waals surface area contributed by atoms with Gasteiger partial charge in [-0.2, -0.15) is 4.98 Å². The topological polar surface area (TPSA) is 93.6 Å². The van der Waals surface area contributed by atoms with Gasteiger partial charge in [-0.05, 0) is 6.92 Å². The minimum Gasteiger partial charge on any atom is -0.480 e. The second-order valence-corrected chi connectivity index (χ2v) is 2.33. The lowest BCUT2D eigenvalue weighted by molar-refractivity contribution is 0.318. The summed E-state index contributed by atoms with van der Waals surface area (Å²) in [6.45, 7) is 1.72. The number of amidine groups is 1. The number of aryl methyl sites for hydroxylation is 1. The highest BCUT2D eigenvalue weighted by Crippen LogP contribution is 2.12. The summed E-state index contributed by atoms with van der Waals surface area (Å²) in [5.74, 6) is 0.783. The smallest absolute Gasteiger partial charge is 0.227 e. The van der Waals surface area contributed by atoms with Crippen LogP contribution in [0.3, 0.4) is 0 Å². The number of nitrogens with two attached hydrogens (primary N) is 1. The molecule has 0 aliphatic heterocycles. The zero-order chi connectivity index (χ0) is 9.84. The minimum absolute atomic E-state index is 0.0724. The fourth-order valence-electron chi connectivity index (χ4n) is 0.834. The van der Waals surface area contributed by atoms with Crippen molar-refractivity contribution in [1.82, 2.24) is 9.97 Å². The first-order chi connectivity index (χ1) is 6.19. The molecule has 13 heavy (non-hydrogen) atoms. The number of ether oxygens (including phenoxy) is 1. The summed E-state index contributed by atoms with van der Waals surface area (Å²) in [4.78, 5) is 7.85. The van der Waals surface area contributed by atoms with Crippen molar-refractivity contribution in [3.05, 3.63) is 17.6 Å². The van der Waals surface area contributed by atoms with Crippen LogP contribution in [0.15, 0.2) is 11.4 Å². The van der Waals surface area contributed by atoms with Gasteiger partial charge in [-0.25, -0.2) is 4.98 Å². The van der Waals surface area contributed by atoms with E-state index in [4.69, 9.17) is 15.7 Å². The lowest BCUT2D eigenvalue weighted by Crippen LogP contribution is -2.16. The fraction of sp³-hybridized carbons (Fsp3) is 0.286. The molecule has 6 heteroatoms. The van der Waals surface area contributed by atoms with Crippen molar-refractivity contribution in [3.63, 3.8) is 0 Å². The number of methoxy groups -OCH3 is 1. The summed E-state index contributed by atoms with van der Waals surface area (Å²) >= 11 is 0. The molecule has 3 N–H and O–H groups in total. The Morgan fingerprint density at radius 1 is 1.69 bits per heavy atom. The lowest BCUT2D eigenvalue weighted by Gasteiger charge is -2.04. The third-order valence-corrected chi connectivity index (χ3v) is 1.45. The molecule has 1 aromatic rings. The highest BCUT2D eigenvalue weighted by molar-refractivity contribution is 5.98. The van der Waals surface area contributed by atoms with Gasteiger partial charge in [-0.15, -0.1) is 0 Å². The Hall–Kier alpha value is -1.85. The van der Waals surface area contributed by atoms with Gasteiger partial charge < -0.3 is 15.7 Å². The van der Waals surface area contributed by atoms with Crippen LogP contribution in [-0.2, 0) is 0 Å². The third-order valence-electron chi connectivity index (χ3n) is 1.45. The van der Waals surface area contributed by atoms with Gasteiger partial charge in [0, 0.05) is 6.20 Å². The molecule has 0 aliphatic rings. The van der Waals surface area contributed by atoms with Crippen molar-refractivity contribution in [2.75, 3.05) is 7.11 Å². The maximum atomic E-state index is 8.43. The summed E-state index contributed by atoms with van der Waals surface area (Å²) in [5.41, 5.74) is 5.73. The summed E-state index contributed by atoms with van der Waals surface area (Å²) in [6, 6.07) is 0. The Bertz CT molecular complexity index is 337. The zero-order valence-corrected chi connectivity index (χ0v) is 7.35. The van der Waals surface area contributed by atoms with E-state index in [9.17, 15) is 0 Å². The predicted molar refractivity (Wildman–Crippen MR) is 45.8 cm³/mol. The molecule has 0 saturated carbocycles. The molecular weight excluding hydrogens is 172 g/mol. The lowest BCUT2D eigenvalue weighted by atomic mass is 10.3. The molecule has 0 atom stereocenters. The molecule has 0 unspecified atom stereocenters. The number of hydrogen-bond donors (Lipinski definition) is 2. The molecule has 1 aromatic heterocycles. The van der Waals surface area contributed by atoms with Crippen molar-refractivity contribution >= 4 is 5.84 Å². The quantitative estimate of drug-likeness (QED) is 0.288. The first-order valence-electron chi connectivity index (χ1n) is 3.54. The molecule has 1 heterocycles. The minimum atomic E-state index is -0.0724. The van der Waals surface area contributed by atoms with Crippen LogP contribution in [0.4, 0.5) is 0 Å². The summed E-state index contributed by atoms with van der Waals surface area (Å²) in [6.07, 6.45) is 1.44. The molecule has 6 nitrogen and oxygen atoms in total. The number of aromatic nitrogens is 2. The van der Waals surface area contributed by atoms with E-state index >= 15 is 0 Å². The Kier molecular flexibility index (Phi) is 2.63. The van der Waals surface area contributed by atoms with Gasteiger partial charge in [0.1, 0.15) is 11.4 Å². The van der Waals surface area contributed by atoms with Crippen molar-refractivity contribution in [3.8, 4) is 5.88 Å². The van der Waals surface area contributed by atoms with E-state index in [0.717, 1.165) is 0 Å². The van der Waals surface area contributed by atoms with Gasteiger partial charge in [0.25, 0.3) is 0 Å². The first kappa shape index (κ1) is 9.24. The van der Waals surface area contributed by atoms with Gasteiger partial charge in [-0.1, -0.05) is 5.16 Å². The average molecular weight is 182 g/mol. The van der Waals surface area contributed by atoms with Gasteiger partial charge in [0.15, 0.2) is 5.84 Å². The number of oxime groups is 1. The van der Waals surface area contributed by atoms with Crippen LogP contribution in [0.5, 0.6) is 5.88 Å². The molecule has 0 bridgehead atoms. The van der Waals surface area contributed by atoms with E-state index in [-0.39, 0.29) is 5.84 Å². The normalized spacial score (nSPS) is 11.4. The van der Waals surface area contributed by atoms with Gasteiger partial charge in [-0.3, -0.25) is 0 Å². The van der Waals surface area contributed by atoms with Crippen molar-refractivity contribution in [2.45, 2.75) is 6.92 Å². The second-order valence-electron chi connectivity index (χ2n) is 2.33. The summed E-state index contributed by atoms with van der Waals surface area (Å²) in [5, 5.41) is 11.3. The standard InChI is InChI=1S/C7H10N4O2/c1-4-9-3-5(6(8)11-12)7(10-4)13-2/h3,12H,1-2H3,(H2,8,11). The number of nitrogens with zero attached hydrogens (tertiary/aromatic N) is 3. The highest BCUT2D eigenvalue weighted by Gasteiger charge is 2.09. The third kappa shape index (κ3) is 1.84. The Morgan fingerprint density at radius 3 is 2.92 bits per heavy atom. The van der Waals surface area contributed by atoms with Gasteiger partial charge in [0.2, 0.25) is 5.88 Å². The van der Waals surface area contributed by atoms with Gasteiger partial charge >= 0.3 is 0 Å². The van der Waals surface area contributed by atoms with Crippen molar-refractivity contribution in [1.29, 1.82) is 0 Å². The largest absolute Gasteiger partial charge is 0.480 e. The van der Waals surface area contributed by atoms with Crippen LogP contribution < -0.4 is 10.5 Å². The van der Waals surface area contributed by atoms with Crippen LogP contribution in [0.25, 0.3) is 0 Å². The molecule has 0 fully saturated rings. The van der Waals surface area contributed by atoms with Crippen molar-refractivity contribution in [2.24, 2.45) is 10.9 Å². The molecule has 0 aromatic carbocycles. The van der Waals surface area contributed by atoms with Crippen LogP contribution in [0.1, 0.15) is 11.4 Å². The molecular formula is C7H10N4O2. The Balaban J connectivity index is 3.21. The molecule has 70 valence electrons. The fourth-order valence-corrected chi connectivity index (χ4v) is 0.834. The van der Waals surface area contributed by atoms with E-state index < -0.39 is 0 Å². The maximum absolute atomic E-state index is 8.43. The SMILES string of the molecule is COc1nc(C)ncc1/C(N)=N/O. The average Bonchev–Trinajstić information content (AvgIpc) is 2.16. The molecule has 0 amide bonds. The molecule has 0 saturated heterocycles. The maximum Gasteiger partial charge on any atom is 0.227 e. The van der Waals surface area contributed by atoms with Gasteiger partial charge in [0.05, 0.1) is 7.11 Å². The predicted octanol–water partition coefficient (Wildman–Crippen LogP) is -0.112. The van der Waals surface area contributed by atoms with Crippen LogP contribution in [0, 0.1) is 6.92 Å². The highest BCUT2D eigenvalue weighted by atomic mass is 16.5. The molecule has 0 aliphatic carbocycles. The summed E-state index contributed by atoms with van der Waals surface area (Å²) < 4.78 is 4.93. The van der Waals surface area contributed by atoms with Crippen LogP contribution in [-0.4, -0.2) is 28.1 Å². The monoisotopic (exact) mass is 182 g/mol. The van der Waals surface area contributed by atoms with E-state index in [1.807, 2.05) is 0 Å². The first-order valence-corrected chi connectivity index (χ1v) is 3.54. The van der Waals surface area contributed by atoms with E-state index in [2.05, 4.69) is 15.1 Å². The molecule has 0 spiro atoms. The van der Waals surface area contributed by atoms with Crippen LogP contribution >= 0.6 is 0 Å². The summed E-state index contributed by atoms with van der Waals surface area (Å²) in [7, 11) is 1.45. The molecule has 0 radical (unpaired) electrons. The van der Waals surface area contributed by atoms with Crippen molar-refractivity contribution < 1.29 is 9.94 Å². The van der Waals surface area contributed by atoms with E-state index in [0.29, 0.717) is 17.3 Å².